The van der Waals surface area contributed by atoms with Gasteiger partial charge in [-0.25, -0.2) is 4.79 Å². The molecule has 1 unspecified atom stereocenters. The van der Waals surface area contributed by atoms with E-state index in [1.807, 2.05) is 9.80 Å². The molecule has 0 aromatic heterocycles. The van der Waals surface area contributed by atoms with Gasteiger partial charge in [0.1, 0.15) is 0 Å². The van der Waals surface area contributed by atoms with Gasteiger partial charge >= 0.3 is 6.03 Å². The molecule has 6 nitrogen and oxygen atoms in total. The number of amides is 3. The molecule has 1 saturated heterocycles. The average Bonchev–Trinajstić information content (AvgIpc) is 3.21. The lowest BCUT2D eigenvalue weighted by atomic mass is 9.80. The van der Waals surface area contributed by atoms with Gasteiger partial charge in [-0.1, -0.05) is 0 Å². The molecule has 2 saturated carbocycles. The second kappa shape index (κ2) is 6.67. The molecule has 130 valence electrons. The maximum absolute atomic E-state index is 12.6. The third-order valence-electron chi connectivity index (χ3n) is 5.70. The average molecular weight is 323 g/mol. The first-order valence-electron chi connectivity index (χ1n) is 8.91. The van der Waals surface area contributed by atoms with Crippen molar-refractivity contribution in [3.8, 4) is 0 Å². The van der Waals surface area contributed by atoms with E-state index in [0.29, 0.717) is 19.1 Å². The summed E-state index contributed by atoms with van der Waals surface area (Å²) in [5, 5.41) is 3.05. The molecule has 1 aliphatic heterocycles. The van der Waals surface area contributed by atoms with Gasteiger partial charge in [-0.3, -0.25) is 4.79 Å². The predicted octanol–water partition coefficient (Wildman–Crippen LogP) is 1.74. The number of urea groups is 1. The highest BCUT2D eigenvalue weighted by Crippen LogP contribution is 2.34. The van der Waals surface area contributed by atoms with Crippen molar-refractivity contribution >= 4 is 11.9 Å². The fourth-order valence-electron chi connectivity index (χ4n) is 3.80. The summed E-state index contributed by atoms with van der Waals surface area (Å²) in [6.45, 7) is 3.69. The van der Waals surface area contributed by atoms with Gasteiger partial charge in [0.25, 0.3) is 0 Å². The van der Waals surface area contributed by atoms with E-state index < -0.39 is 0 Å². The van der Waals surface area contributed by atoms with Crippen LogP contribution in [0.25, 0.3) is 0 Å². The summed E-state index contributed by atoms with van der Waals surface area (Å²) in [6.07, 6.45) is 7.43. The Kier molecular flexibility index (Phi) is 4.80. The lowest BCUT2D eigenvalue weighted by molar-refractivity contribution is -0.130. The highest BCUT2D eigenvalue weighted by atomic mass is 16.5. The quantitative estimate of drug-likeness (QED) is 0.810. The molecule has 0 radical (unpaired) electrons. The van der Waals surface area contributed by atoms with E-state index in [0.717, 1.165) is 45.1 Å². The Morgan fingerprint density at radius 3 is 2.52 bits per heavy atom. The van der Waals surface area contributed by atoms with Gasteiger partial charge in [0.05, 0.1) is 11.6 Å². The molecule has 0 spiro atoms. The number of carbonyl (C=O) groups excluding carboxylic acids is 2. The molecular weight excluding hydrogens is 294 g/mol. The molecule has 1 atom stereocenters. The number of hydrogen-bond donors (Lipinski definition) is 1. The van der Waals surface area contributed by atoms with Gasteiger partial charge in [-0.15, -0.1) is 0 Å². The van der Waals surface area contributed by atoms with E-state index in [1.165, 1.54) is 6.42 Å². The van der Waals surface area contributed by atoms with Crippen LogP contribution in [0.4, 0.5) is 4.79 Å². The largest absolute Gasteiger partial charge is 0.376 e. The third-order valence-corrected chi connectivity index (χ3v) is 5.70. The van der Waals surface area contributed by atoms with Crippen molar-refractivity contribution in [2.75, 3.05) is 26.7 Å². The maximum atomic E-state index is 12.6. The summed E-state index contributed by atoms with van der Waals surface area (Å²) < 4.78 is 5.56. The Labute approximate surface area is 138 Å². The Morgan fingerprint density at radius 1 is 1.26 bits per heavy atom. The van der Waals surface area contributed by atoms with Crippen LogP contribution in [0.15, 0.2) is 0 Å². The number of nitrogens with one attached hydrogen (secondary N) is 1. The molecule has 0 aromatic carbocycles. The molecule has 23 heavy (non-hydrogen) atoms. The van der Waals surface area contributed by atoms with Gasteiger partial charge in [-0.05, 0) is 44.9 Å². The van der Waals surface area contributed by atoms with Crippen LogP contribution >= 0.6 is 0 Å². The van der Waals surface area contributed by atoms with Crippen LogP contribution < -0.4 is 5.32 Å². The number of methoxy groups -OCH3 is 1. The van der Waals surface area contributed by atoms with Crippen LogP contribution in [0.2, 0.25) is 0 Å². The van der Waals surface area contributed by atoms with E-state index in [9.17, 15) is 9.59 Å². The molecule has 3 fully saturated rings. The zero-order valence-corrected chi connectivity index (χ0v) is 14.3. The lowest BCUT2D eigenvalue weighted by Gasteiger charge is -2.41. The minimum Gasteiger partial charge on any atom is -0.376 e. The third kappa shape index (κ3) is 3.62. The van der Waals surface area contributed by atoms with Crippen LogP contribution in [-0.4, -0.2) is 66.2 Å². The predicted molar refractivity (Wildman–Crippen MR) is 87.1 cm³/mol. The lowest BCUT2D eigenvalue weighted by Crippen LogP contribution is -2.54. The number of nitrogens with zero attached hydrogens (tertiary/aromatic N) is 2. The van der Waals surface area contributed by atoms with Crippen molar-refractivity contribution in [1.29, 1.82) is 0 Å². The van der Waals surface area contributed by atoms with Crippen LogP contribution in [0.5, 0.6) is 0 Å². The van der Waals surface area contributed by atoms with Gasteiger partial charge in [0.2, 0.25) is 5.91 Å². The number of carbonyl (C=O) groups is 2. The molecule has 2 aliphatic carbocycles. The summed E-state index contributed by atoms with van der Waals surface area (Å²) in [5.74, 6) is 0.132. The minimum absolute atomic E-state index is 0.00451. The molecular formula is C17H29N3O3. The summed E-state index contributed by atoms with van der Waals surface area (Å²) in [6, 6.07) is 0.555. The van der Waals surface area contributed by atoms with E-state index in [-0.39, 0.29) is 23.6 Å². The zero-order chi connectivity index (χ0) is 16.4. The topological polar surface area (TPSA) is 61.9 Å². The summed E-state index contributed by atoms with van der Waals surface area (Å²) in [7, 11) is 1.73. The van der Waals surface area contributed by atoms with Gasteiger partial charge in [0.15, 0.2) is 0 Å². The van der Waals surface area contributed by atoms with E-state index in [4.69, 9.17) is 4.74 Å². The second-order valence-corrected chi connectivity index (χ2v) is 7.29. The second-order valence-electron chi connectivity index (χ2n) is 7.29. The number of hydrogen-bond acceptors (Lipinski definition) is 3. The van der Waals surface area contributed by atoms with Crippen molar-refractivity contribution in [3.05, 3.63) is 0 Å². The van der Waals surface area contributed by atoms with Crippen LogP contribution in [0, 0.1) is 0 Å². The van der Waals surface area contributed by atoms with Gasteiger partial charge in [0, 0.05) is 39.7 Å². The van der Waals surface area contributed by atoms with Crippen LogP contribution in [-0.2, 0) is 9.53 Å². The fraction of sp³-hybridized carbons (Fsp3) is 0.882. The van der Waals surface area contributed by atoms with Gasteiger partial charge < -0.3 is 19.9 Å². The number of likely N-dealkylation sites (tertiary alicyclic amines) is 1. The number of rotatable bonds is 6. The normalized spacial score (nSPS) is 25.8. The summed E-state index contributed by atoms with van der Waals surface area (Å²) in [4.78, 5) is 28.2. The molecule has 0 bridgehead atoms. The highest BCUT2D eigenvalue weighted by Gasteiger charge is 2.39. The SMILES string of the molecule is COC1(CNC(=O)N2CCCC2CN(C(C)=O)C2CC2)CCC1. The maximum Gasteiger partial charge on any atom is 0.317 e. The van der Waals surface area contributed by atoms with E-state index >= 15 is 0 Å². The van der Waals surface area contributed by atoms with E-state index in [1.54, 1.807) is 14.0 Å². The zero-order valence-electron chi connectivity index (χ0n) is 14.3. The van der Waals surface area contributed by atoms with Gasteiger partial charge in [-0.2, -0.15) is 0 Å². The van der Waals surface area contributed by atoms with E-state index in [2.05, 4.69) is 5.32 Å². The Bertz CT molecular complexity index is 454. The minimum atomic E-state index is -0.148. The van der Waals surface area contributed by atoms with Crippen molar-refractivity contribution in [2.45, 2.75) is 69.6 Å². The van der Waals surface area contributed by atoms with Crippen LogP contribution in [0.3, 0.4) is 0 Å². The molecule has 1 heterocycles. The molecule has 3 amide bonds. The summed E-state index contributed by atoms with van der Waals surface area (Å²) in [5.41, 5.74) is -0.148. The molecule has 3 rings (SSSR count). The first kappa shape index (κ1) is 16.6. The highest BCUT2D eigenvalue weighted by molar-refractivity contribution is 5.76. The smallest absolute Gasteiger partial charge is 0.317 e. The number of ether oxygens (including phenoxy) is 1. The summed E-state index contributed by atoms with van der Waals surface area (Å²) >= 11 is 0. The first-order valence-corrected chi connectivity index (χ1v) is 8.91. The van der Waals surface area contributed by atoms with Crippen LogP contribution in [0.1, 0.15) is 51.9 Å². The van der Waals surface area contributed by atoms with Crippen molar-refractivity contribution in [1.82, 2.24) is 15.1 Å². The molecule has 1 N–H and O–H groups in total. The Hall–Kier alpha value is -1.30. The Balaban J connectivity index is 1.53. The first-order chi connectivity index (χ1) is 11.0. The monoisotopic (exact) mass is 323 g/mol. The van der Waals surface area contributed by atoms with Crippen molar-refractivity contribution in [3.63, 3.8) is 0 Å². The van der Waals surface area contributed by atoms with Crippen molar-refractivity contribution < 1.29 is 14.3 Å². The Morgan fingerprint density at radius 2 is 2.00 bits per heavy atom. The fourth-order valence-corrected chi connectivity index (χ4v) is 3.80. The standard InChI is InChI=1S/C17H29N3O3/c1-13(21)20(14-6-7-14)11-15-5-3-10-19(15)16(22)18-12-17(23-2)8-4-9-17/h14-15H,3-12H2,1-2H3,(H,18,22). The van der Waals surface area contributed by atoms with Crippen molar-refractivity contribution in [2.24, 2.45) is 0 Å². The molecule has 6 heteroatoms. The molecule has 3 aliphatic rings. The molecule has 0 aromatic rings.